The smallest absolute Gasteiger partial charge is 0.334 e. The zero-order valence-electron chi connectivity index (χ0n) is 8.66. The predicted octanol–water partition coefficient (Wildman–Crippen LogP) is 0.638. The molecule has 13 heavy (non-hydrogen) atoms. The number of carbonyl (C=O) groups excluding carboxylic acids is 1. The van der Waals surface area contributed by atoms with E-state index in [9.17, 15) is 9.70 Å². The zero-order chi connectivity index (χ0) is 10.5. The highest BCUT2D eigenvalue weighted by Crippen LogP contribution is 2.26. The van der Waals surface area contributed by atoms with Gasteiger partial charge in [0.2, 0.25) is 0 Å². The molecule has 1 unspecified atom stereocenters. The van der Waals surface area contributed by atoms with Gasteiger partial charge in [0.15, 0.2) is 6.04 Å². The highest BCUT2D eigenvalue weighted by molar-refractivity contribution is 6.14. The Morgan fingerprint density at radius 1 is 1.62 bits per heavy atom. The van der Waals surface area contributed by atoms with Crippen LogP contribution in [0.2, 0.25) is 5.04 Å². The second kappa shape index (κ2) is 5.11. The largest absolute Gasteiger partial charge is 0.467 e. The summed E-state index contributed by atoms with van der Waals surface area (Å²) >= 11 is 0. The first-order valence-electron chi connectivity index (χ1n) is 4.31. The number of esters is 1. The van der Waals surface area contributed by atoms with Gasteiger partial charge in [-0.2, -0.15) is 0 Å². The second-order valence-electron chi connectivity index (χ2n) is 4.24. The molecule has 0 N–H and O–H groups in total. The monoisotopic (exact) mass is 203 g/mol. The maximum absolute atomic E-state index is 11.0. The summed E-state index contributed by atoms with van der Waals surface area (Å²) in [6, 6.07) is -0.821. The standard InChI is InChI=1S/C8H17NO3Si/c1-8(2,13)5-4-6(9-11)7(10)12-3/h6H,4-5H2,1-3,13H3. The fraction of sp³-hybridized carbons (Fsp3) is 0.875. The van der Waals surface area contributed by atoms with Crippen molar-refractivity contribution in [3.05, 3.63) is 4.91 Å². The zero-order valence-corrected chi connectivity index (χ0v) is 10.7. The Bertz CT molecular complexity index is 188. The van der Waals surface area contributed by atoms with Crippen molar-refractivity contribution in [3.63, 3.8) is 0 Å². The Hall–Kier alpha value is -0.713. The van der Waals surface area contributed by atoms with Gasteiger partial charge in [-0.3, -0.25) is 0 Å². The average Bonchev–Trinajstić information content (AvgIpc) is 2.03. The fourth-order valence-electron chi connectivity index (χ4n) is 0.919. The molecule has 0 spiro atoms. The molecule has 0 aliphatic rings. The van der Waals surface area contributed by atoms with Crippen molar-refractivity contribution in [2.75, 3.05) is 7.11 Å². The van der Waals surface area contributed by atoms with E-state index in [1.165, 1.54) is 7.11 Å². The third-order valence-corrected chi connectivity index (χ3v) is 2.27. The van der Waals surface area contributed by atoms with Gasteiger partial charge >= 0.3 is 5.97 Å². The normalized spacial score (nSPS) is 13.8. The molecule has 0 heterocycles. The van der Waals surface area contributed by atoms with E-state index in [-0.39, 0.29) is 5.04 Å². The minimum atomic E-state index is -0.821. The van der Waals surface area contributed by atoms with Gasteiger partial charge in [0, 0.05) is 10.2 Å². The van der Waals surface area contributed by atoms with Crippen LogP contribution in [0.25, 0.3) is 0 Å². The summed E-state index contributed by atoms with van der Waals surface area (Å²) in [6.07, 6.45) is 1.33. The molecule has 0 saturated carbocycles. The number of nitrogens with zero attached hydrogens (tertiary/aromatic N) is 1. The number of rotatable bonds is 5. The van der Waals surface area contributed by atoms with Gasteiger partial charge in [-0.15, -0.1) is 4.91 Å². The molecule has 0 rings (SSSR count). The van der Waals surface area contributed by atoms with Gasteiger partial charge in [-0.05, 0) is 17.9 Å². The number of hydrogen-bond donors (Lipinski definition) is 0. The van der Waals surface area contributed by atoms with E-state index in [1.807, 2.05) is 0 Å². The fourth-order valence-corrected chi connectivity index (χ4v) is 1.21. The highest BCUT2D eigenvalue weighted by atomic mass is 28.1. The van der Waals surface area contributed by atoms with Crippen molar-refractivity contribution in [2.45, 2.75) is 37.8 Å². The van der Waals surface area contributed by atoms with E-state index in [0.29, 0.717) is 6.42 Å². The summed E-state index contributed by atoms with van der Waals surface area (Å²) in [5.41, 5.74) is 0. The van der Waals surface area contributed by atoms with Gasteiger partial charge in [-0.1, -0.05) is 19.0 Å². The highest BCUT2D eigenvalue weighted by Gasteiger charge is 2.22. The summed E-state index contributed by atoms with van der Waals surface area (Å²) in [5, 5.41) is 3.00. The van der Waals surface area contributed by atoms with E-state index in [2.05, 4.69) is 23.8 Å². The van der Waals surface area contributed by atoms with Crippen LogP contribution >= 0.6 is 0 Å². The molecule has 0 radical (unpaired) electrons. The SMILES string of the molecule is COC(=O)C(CCC(C)(C)[SiH3])N=O. The van der Waals surface area contributed by atoms with E-state index >= 15 is 0 Å². The molecule has 76 valence electrons. The maximum atomic E-state index is 11.0. The molecule has 0 amide bonds. The Balaban J connectivity index is 4.00. The van der Waals surface area contributed by atoms with Gasteiger partial charge in [0.1, 0.15) is 0 Å². The van der Waals surface area contributed by atoms with Crippen LogP contribution in [-0.4, -0.2) is 29.4 Å². The van der Waals surface area contributed by atoms with Gasteiger partial charge in [-0.25, -0.2) is 4.79 Å². The molecule has 0 aromatic rings. The molecule has 0 saturated heterocycles. The lowest BCUT2D eigenvalue weighted by atomic mass is 10.0. The molecular formula is C8H17NO3Si. The second-order valence-corrected chi connectivity index (χ2v) is 6.95. The molecule has 0 fully saturated rings. The lowest BCUT2D eigenvalue weighted by Gasteiger charge is -2.18. The molecular weight excluding hydrogens is 186 g/mol. The van der Waals surface area contributed by atoms with Crippen LogP contribution in [0.4, 0.5) is 0 Å². The van der Waals surface area contributed by atoms with Crippen LogP contribution in [0.3, 0.4) is 0 Å². The summed E-state index contributed by atoms with van der Waals surface area (Å²) < 4.78 is 4.45. The Kier molecular flexibility index (Phi) is 4.83. The topological polar surface area (TPSA) is 55.7 Å². The number of nitroso groups, excluding NO2 is 1. The average molecular weight is 203 g/mol. The summed E-state index contributed by atoms with van der Waals surface area (Å²) in [4.78, 5) is 21.2. The van der Waals surface area contributed by atoms with Crippen LogP contribution in [0.1, 0.15) is 26.7 Å². The Morgan fingerprint density at radius 2 is 2.15 bits per heavy atom. The van der Waals surface area contributed by atoms with Crippen LogP contribution in [0.15, 0.2) is 5.18 Å². The first-order chi connectivity index (χ1) is 5.90. The van der Waals surface area contributed by atoms with Gasteiger partial charge < -0.3 is 4.74 Å². The first-order valence-corrected chi connectivity index (χ1v) is 5.31. The third-order valence-electron chi connectivity index (χ3n) is 1.77. The van der Waals surface area contributed by atoms with Crippen LogP contribution in [0, 0.1) is 4.91 Å². The maximum Gasteiger partial charge on any atom is 0.334 e. The summed E-state index contributed by atoms with van der Waals surface area (Å²) in [5.74, 6) is -0.527. The molecule has 1 atom stereocenters. The predicted molar refractivity (Wildman–Crippen MR) is 54.8 cm³/mol. The molecule has 4 nitrogen and oxygen atoms in total. The van der Waals surface area contributed by atoms with Crippen molar-refractivity contribution in [3.8, 4) is 0 Å². The van der Waals surface area contributed by atoms with Crippen molar-refractivity contribution in [1.29, 1.82) is 0 Å². The van der Waals surface area contributed by atoms with E-state index in [4.69, 9.17) is 0 Å². The molecule has 5 heteroatoms. The van der Waals surface area contributed by atoms with E-state index < -0.39 is 12.0 Å². The van der Waals surface area contributed by atoms with Crippen LogP contribution < -0.4 is 0 Å². The van der Waals surface area contributed by atoms with Crippen molar-refractivity contribution in [2.24, 2.45) is 5.18 Å². The van der Waals surface area contributed by atoms with E-state index in [1.54, 1.807) is 0 Å². The van der Waals surface area contributed by atoms with Gasteiger partial charge in [0.25, 0.3) is 0 Å². The minimum Gasteiger partial charge on any atom is -0.467 e. The van der Waals surface area contributed by atoms with E-state index in [0.717, 1.165) is 16.7 Å². The number of ether oxygens (including phenoxy) is 1. The number of methoxy groups -OCH3 is 1. The number of carbonyl (C=O) groups is 1. The van der Waals surface area contributed by atoms with Crippen molar-refractivity contribution in [1.82, 2.24) is 0 Å². The molecule has 0 aromatic heterocycles. The lowest BCUT2D eigenvalue weighted by Crippen LogP contribution is -2.21. The minimum absolute atomic E-state index is 0.247. The van der Waals surface area contributed by atoms with Crippen LogP contribution in [0.5, 0.6) is 0 Å². The van der Waals surface area contributed by atoms with Crippen LogP contribution in [-0.2, 0) is 9.53 Å². The molecule has 0 bridgehead atoms. The van der Waals surface area contributed by atoms with Gasteiger partial charge in [0.05, 0.1) is 7.11 Å². The molecule has 0 aliphatic carbocycles. The summed E-state index contributed by atoms with van der Waals surface area (Å²) in [7, 11) is 2.31. The molecule has 0 aliphatic heterocycles. The molecule has 0 aromatic carbocycles. The lowest BCUT2D eigenvalue weighted by molar-refractivity contribution is -0.142. The first kappa shape index (κ1) is 12.3. The Labute approximate surface area is 81.4 Å². The Morgan fingerprint density at radius 3 is 2.46 bits per heavy atom. The quantitative estimate of drug-likeness (QED) is 0.374. The summed E-state index contributed by atoms with van der Waals surface area (Å²) in [6.45, 7) is 4.22. The van der Waals surface area contributed by atoms with Crippen molar-refractivity contribution >= 4 is 16.2 Å². The number of hydrogen-bond acceptors (Lipinski definition) is 4. The van der Waals surface area contributed by atoms with Crippen molar-refractivity contribution < 1.29 is 9.53 Å². The third kappa shape index (κ3) is 5.51.